The first-order valence-corrected chi connectivity index (χ1v) is 6.05. The van der Waals surface area contributed by atoms with Crippen LogP contribution in [0.5, 0.6) is 5.88 Å². The number of methoxy groups -OCH3 is 1. The number of hydrogen-bond donors (Lipinski definition) is 0. The van der Waals surface area contributed by atoms with Gasteiger partial charge in [0.2, 0.25) is 5.88 Å². The predicted molar refractivity (Wildman–Crippen MR) is 60.3 cm³/mol. The minimum Gasteiger partial charge on any atom is -0.481 e. The van der Waals surface area contributed by atoms with E-state index in [-0.39, 0.29) is 5.92 Å². The van der Waals surface area contributed by atoms with E-state index < -0.39 is 0 Å². The number of carbonyl (C=O) groups is 1. The van der Waals surface area contributed by atoms with Crippen molar-refractivity contribution in [3.05, 3.63) is 23.9 Å². The van der Waals surface area contributed by atoms with Crippen LogP contribution in [0.25, 0.3) is 0 Å². The molecule has 1 saturated heterocycles. The summed E-state index contributed by atoms with van der Waals surface area (Å²) in [5.74, 6) is 2.71. The molecule has 4 heteroatoms. The summed E-state index contributed by atoms with van der Waals surface area (Å²) in [7, 11) is 1.60. The summed E-state index contributed by atoms with van der Waals surface area (Å²) >= 11 is 1.71. The van der Waals surface area contributed by atoms with E-state index in [9.17, 15) is 4.79 Å². The number of Topliss-reactive ketones (excluding diaryl/α,β-unsaturated/α-hetero) is 1. The van der Waals surface area contributed by atoms with Crippen LogP contribution < -0.4 is 4.74 Å². The molecule has 1 unspecified atom stereocenters. The largest absolute Gasteiger partial charge is 0.481 e. The third-order valence-electron chi connectivity index (χ3n) is 2.46. The van der Waals surface area contributed by atoms with Crippen molar-refractivity contribution in [3.8, 4) is 5.88 Å². The van der Waals surface area contributed by atoms with Crippen molar-refractivity contribution >= 4 is 17.5 Å². The summed E-state index contributed by atoms with van der Waals surface area (Å²) in [6.07, 6.45) is 0.739. The molecular weight excluding hydrogens is 210 g/mol. The first-order valence-electron chi connectivity index (χ1n) is 4.90. The van der Waals surface area contributed by atoms with Crippen LogP contribution in [0.3, 0.4) is 0 Å². The number of hydrogen-bond acceptors (Lipinski definition) is 4. The molecule has 0 aromatic carbocycles. The molecule has 1 aromatic rings. The predicted octanol–water partition coefficient (Wildman–Crippen LogP) is 1.56. The molecule has 15 heavy (non-hydrogen) atoms. The molecule has 0 aliphatic carbocycles. The zero-order chi connectivity index (χ0) is 10.7. The standard InChI is InChI=1S/C11H13NO2S/c1-14-11-4-2-3-9(12-11)5-8-6-15-7-10(8)13/h2-4,8H,5-7H2,1H3. The molecule has 1 aliphatic rings. The average Bonchev–Trinajstić information content (AvgIpc) is 2.65. The van der Waals surface area contributed by atoms with Crippen LogP contribution in [0.15, 0.2) is 18.2 Å². The highest BCUT2D eigenvalue weighted by atomic mass is 32.2. The Bertz CT molecular complexity index is 367. The monoisotopic (exact) mass is 223 g/mol. The van der Waals surface area contributed by atoms with Crippen molar-refractivity contribution in [2.75, 3.05) is 18.6 Å². The summed E-state index contributed by atoms with van der Waals surface area (Å²) in [5, 5.41) is 0. The Morgan fingerprint density at radius 2 is 2.47 bits per heavy atom. The van der Waals surface area contributed by atoms with Crippen LogP contribution >= 0.6 is 11.8 Å². The van der Waals surface area contributed by atoms with E-state index >= 15 is 0 Å². The fourth-order valence-corrected chi connectivity index (χ4v) is 2.77. The Labute approximate surface area is 93.2 Å². The summed E-state index contributed by atoms with van der Waals surface area (Å²) in [5.41, 5.74) is 0.940. The Balaban J connectivity index is 2.06. The second-order valence-electron chi connectivity index (χ2n) is 3.55. The molecule has 0 radical (unpaired) electrons. The zero-order valence-corrected chi connectivity index (χ0v) is 9.42. The molecule has 0 saturated carbocycles. The van der Waals surface area contributed by atoms with Crippen LogP contribution in [0.4, 0.5) is 0 Å². The van der Waals surface area contributed by atoms with Crippen LogP contribution in [0.2, 0.25) is 0 Å². The van der Waals surface area contributed by atoms with Crippen LogP contribution in [0, 0.1) is 5.92 Å². The van der Waals surface area contributed by atoms with E-state index in [1.807, 2.05) is 18.2 Å². The lowest BCUT2D eigenvalue weighted by Gasteiger charge is -2.07. The Hall–Kier alpha value is -1.03. The third kappa shape index (κ3) is 2.50. The minimum absolute atomic E-state index is 0.148. The number of aromatic nitrogens is 1. The maximum absolute atomic E-state index is 11.5. The maximum Gasteiger partial charge on any atom is 0.213 e. The van der Waals surface area contributed by atoms with Gasteiger partial charge < -0.3 is 4.74 Å². The van der Waals surface area contributed by atoms with Gasteiger partial charge in [0.25, 0.3) is 0 Å². The Kier molecular flexibility index (Phi) is 3.26. The Morgan fingerprint density at radius 1 is 1.60 bits per heavy atom. The number of ketones is 1. The summed E-state index contributed by atoms with van der Waals surface area (Å²) < 4.78 is 5.04. The molecular formula is C11H13NO2S. The summed E-state index contributed by atoms with van der Waals surface area (Å²) in [6, 6.07) is 5.67. The SMILES string of the molecule is COc1cccc(CC2CSCC2=O)n1. The second-order valence-corrected chi connectivity index (χ2v) is 4.58. The lowest BCUT2D eigenvalue weighted by Crippen LogP contribution is -2.14. The quantitative estimate of drug-likeness (QED) is 0.779. The lowest BCUT2D eigenvalue weighted by molar-refractivity contribution is -0.119. The summed E-state index contributed by atoms with van der Waals surface area (Å²) in [4.78, 5) is 15.8. The Morgan fingerprint density at radius 3 is 3.13 bits per heavy atom. The third-order valence-corrected chi connectivity index (χ3v) is 3.59. The van der Waals surface area contributed by atoms with Gasteiger partial charge in [-0.05, 0) is 6.07 Å². The molecule has 0 N–H and O–H groups in total. The molecule has 0 bridgehead atoms. The molecule has 0 spiro atoms. The maximum atomic E-state index is 11.5. The number of rotatable bonds is 3. The molecule has 2 heterocycles. The highest BCUT2D eigenvalue weighted by Crippen LogP contribution is 2.23. The molecule has 80 valence electrons. The van der Waals surface area contributed by atoms with E-state index in [0.29, 0.717) is 17.4 Å². The van der Waals surface area contributed by atoms with Crippen LogP contribution in [-0.2, 0) is 11.2 Å². The molecule has 1 atom stereocenters. The van der Waals surface area contributed by atoms with Crippen molar-refractivity contribution in [1.29, 1.82) is 0 Å². The number of pyridine rings is 1. The van der Waals surface area contributed by atoms with Gasteiger partial charge in [-0.25, -0.2) is 4.98 Å². The smallest absolute Gasteiger partial charge is 0.213 e. The van der Waals surface area contributed by atoms with Crippen molar-refractivity contribution in [3.63, 3.8) is 0 Å². The van der Waals surface area contributed by atoms with Gasteiger partial charge in [0.15, 0.2) is 0 Å². The lowest BCUT2D eigenvalue weighted by atomic mass is 10.0. The molecule has 1 aliphatic heterocycles. The van der Waals surface area contributed by atoms with Crippen molar-refractivity contribution in [2.45, 2.75) is 6.42 Å². The molecule has 1 fully saturated rings. The first kappa shape index (κ1) is 10.5. The van der Waals surface area contributed by atoms with Gasteiger partial charge >= 0.3 is 0 Å². The molecule has 0 amide bonds. The molecule has 3 nitrogen and oxygen atoms in total. The van der Waals surface area contributed by atoms with Crippen molar-refractivity contribution < 1.29 is 9.53 Å². The van der Waals surface area contributed by atoms with Gasteiger partial charge in [-0.3, -0.25) is 4.79 Å². The van der Waals surface area contributed by atoms with Crippen molar-refractivity contribution in [1.82, 2.24) is 4.98 Å². The van der Waals surface area contributed by atoms with Gasteiger partial charge in [0.05, 0.1) is 12.9 Å². The fourth-order valence-electron chi connectivity index (χ4n) is 1.62. The number of thioether (sulfide) groups is 1. The van der Waals surface area contributed by atoms with Crippen molar-refractivity contribution in [2.24, 2.45) is 5.92 Å². The van der Waals surface area contributed by atoms with Gasteiger partial charge in [-0.1, -0.05) is 6.07 Å². The van der Waals surface area contributed by atoms with Gasteiger partial charge in [0, 0.05) is 29.9 Å². The van der Waals surface area contributed by atoms with Gasteiger partial charge in [0.1, 0.15) is 5.78 Å². The number of nitrogens with zero attached hydrogens (tertiary/aromatic N) is 1. The van der Waals surface area contributed by atoms with E-state index in [0.717, 1.165) is 17.9 Å². The van der Waals surface area contributed by atoms with E-state index in [1.54, 1.807) is 18.9 Å². The minimum atomic E-state index is 0.148. The fraction of sp³-hybridized carbons (Fsp3) is 0.455. The van der Waals surface area contributed by atoms with E-state index in [4.69, 9.17) is 4.74 Å². The first-order chi connectivity index (χ1) is 7.29. The second kappa shape index (κ2) is 4.66. The topological polar surface area (TPSA) is 39.2 Å². The normalized spacial score (nSPS) is 20.6. The zero-order valence-electron chi connectivity index (χ0n) is 8.60. The molecule has 2 rings (SSSR count). The van der Waals surface area contributed by atoms with Gasteiger partial charge in [-0.2, -0.15) is 11.8 Å². The van der Waals surface area contributed by atoms with Crippen LogP contribution in [-0.4, -0.2) is 29.4 Å². The number of ether oxygens (including phenoxy) is 1. The van der Waals surface area contributed by atoms with Crippen LogP contribution in [0.1, 0.15) is 5.69 Å². The summed E-state index contributed by atoms with van der Waals surface area (Å²) in [6.45, 7) is 0. The highest BCUT2D eigenvalue weighted by Gasteiger charge is 2.25. The number of carbonyl (C=O) groups excluding carboxylic acids is 1. The van der Waals surface area contributed by atoms with E-state index in [1.165, 1.54) is 0 Å². The highest BCUT2D eigenvalue weighted by molar-refractivity contribution is 8.00. The average molecular weight is 223 g/mol. The molecule has 1 aromatic heterocycles. The van der Waals surface area contributed by atoms with Gasteiger partial charge in [-0.15, -0.1) is 0 Å². The van der Waals surface area contributed by atoms with E-state index in [2.05, 4.69) is 4.98 Å².